The lowest BCUT2D eigenvalue weighted by atomic mass is 10.1. The van der Waals surface area contributed by atoms with Crippen molar-refractivity contribution in [1.29, 1.82) is 0 Å². The summed E-state index contributed by atoms with van der Waals surface area (Å²) < 4.78 is 4.84. The fourth-order valence-electron chi connectivity index (χ4n) is 1.89. The van der Waals surface area contributed by atoms with Crippen LogP contribution < -0.4 is 5.32 Å². The zero-order chi connectivity index (χ0) is 18.2. The second-order valence-electron chi connectivity index (χ2n) is 5.20. The van der Waals surface area contributed by atoms with Crippen molar-refractivity contribution < 1.29 is 19.2 Å². The van der Waals surface area contributed by atoms with Gasteiger partial charge in [0.1, 0.15) is 0 Å². The molecule has 7 heteroatoms. The zero-order valence-corrected chi connectivity index (χ0v) is 13.5. The van der Waals surface area contributed by atoms with Crippen LogP contribution in [0.3, 0.4) is 0 Å². The molecule has 7 nitrogen and oxygen atoms in total. The summed E-state index contributed by atoms with van der Waals surface area (Å²) in [6.45, 7) is 1.51. The average molecular weight is 340 g/mol. The van der Waals surface area contributed by atoms with Crippen LogP contribution in [0.2, 0.25) is 0 Å². The molecule has 0 bridgehead atoms. The van der Waals surface area contributed by atoms with Crippen LogP contribution in [-0.2, 0) is 14.3 Å². The summed E-state index contributed by atoms with van der Waals surface area (Å²) >= 11 is 0. The molecule has 2 aromatic carbocycles. The van der Waals surface area contributed by atoms with E-state index in [1.54, 1.807) is 6.08 Å². The van der Waals surface area contributed by atoms with Gasteiger partial charge < -0.3 is 10.1 Å². The number of benzene rings is 2. The molecular formula is C18H16N2O5. The van der Waals surface area contributed by atoms with E-state index in [1.165, 1.54) is 30.3 Å². The van der Waals surface area contributed by atoms with Crippen LogP contribution >= 0.6 is 0 Å². The maximum atomic E-state index is 11.7. The van der Waals surface area contributed by atoms with Gasteiger partial charge in [-0.2, -0.15) is 0 Å². The van der Waals surface area contributed by atoms with Gasteiger partial charge >= 0.3 is 5.97 Å². The molecule has 0 aliphatic rings. The smallest absolute Gasteiger partial charge is 0.331 e. The quantitative estimate of drug-likeness (QED) is 0.377. The van der Waals surface area contributed by atoms with Crippen LogP contribution in [-0.4, -0.2) is 23.4 Å². The lowest BCUT2D eigenvalue weighted by Crippen LogP contribution is -2.20. The monoisotopic (exact) mass is 340 g/mol. The first-order valence-corrected chi connectivity index (χ1v) is 7.40. The first-order chi connectivity index (χ1) is 11.9. The molecule has 2 rings (SSSR count). The molecule has 0 fully saturated rings. The third-order valence-corrected chi connectivity index (χ3v) is 3.20. The normalized spacial score (nSPS) is 10.4. The Morgan fingerprint density at radius 3 is 2.36 bits per heavy atom. The summed E-state index contributed by atoms with van der Waals surface area (Å²) in [6, 6.07) is 12.9. The average Bonchev–Trinajstić information content (AvgIpc) is 2.60. The Balaban J connectivity index is 1.79. The molecule has 0 unspecified atom stereocenters. The Kier molecular flexibility index (Phi) is 6.00. The van der Waals surface area contributed by atoms with Crippen molar-refractivity contribution in [3.63, 3.8) is 0 Å². The Morgan fingerprint density at radius 1 is 1.12 bits per heavy atom. The van der Waals surface area contributed by atoms with E-state index in [1.807, 2.05) is 31.2 Å². The number of esters is 1. The minimum Gasteiger partial charge on any atom is -0.452 e. The SMILES string of the molecule is Cc1ccc(C=CC(=O)OCC(=O)Nc2ccc([N+](=O)[O-])cc2)cc1. The van der Waals surface area contributed by atoms with E-state index in [4.69, 9.17) is 4.74 Å². The van der Waals surface area contributed by atoms with Crippen LogP contribution in [0.1, 0.15) is 11.1 Å². The standard InChI is InChI=1S/C18H16N2O5/c1-13-2-4-14(5-3-13)6-11-18(22)25-12-17(21)19-15-7-9-16(10-8-15)20(23)24/h2-11H,12H2,1H3,(H,19,21). The van der Waals surface area contributed by atoms with Gasteiger partial charge in [-0.05, 0) is 30.7 Å². The molecule has 0 aliphatic carbocycles. The fraction of sp³-hybridized carbons (Fsp3) is 0.111. The first-order valence-electron chi connectivity index (χ1n) is 7.40. The van der Waals surface area contributed by atoms with Gasteiger partial charge in [0.15, 0.2) is 6.61 Å². The largest absolute Gasteiger partial charge is 0.452 e. The zero-order valence-electron chi connectivity index (χ0n) is 13.5. The molecular weight excluding hydrogens is 324 g/mol. The molecule has 0 saturated heterocycles. The highest BCUT2D eigenvalue weighted by Gasteiger charge is 2.08. The van der Waals surface area contributed by atoms with Gasteiger partial charge in [0.05, 0.1) is 4.92 Å². The third-order valence-electron chi connectivity index (χ3n) is 3.20. The van der Waals surface area contributed by atoms with E-state index in [0.29, 0.717) is 5.69 Å². The number of carbonyl (C=O) groups is 2. The number of amides is 1. The molecule has 25 heavy (non-hydrogen) atoms. The van der Waals surface area contributed by atoms with Crippen molar-refractivity contribution >= 4 is 29.3 Å². The third kappa shape index (κ3) is 5.91. The van der Waals surface area contributed by atoms with Crippen LogP contribution in [0.25, 0.3) is 6.08 Å². The Morgan fingerprint density at radius 2 is 1.76 bits per heavy atom. The Labute approximate surface area is 144 Å². The van der Waals surface area contributed by atoms with Crippen molar-refractivity contribution in [2.24, 2.45) is 0 Å². The number of ether oxygens (including phenoxy) is 1. The van der Waals surface area contributed by atoms with E-state index < -0.39 is 23.4 Å². The number of carbonyl (C=O) groups excluding carboxylic acids is 2. The molecule has 0 saturated carbocycles. The number of nitrogens with one attached hydrogen (secondary N) is 1. The molecule has 0 aliphatic heterocycles. The van der Waals surface area contributed by atoms with E-state index in [0.717, 1.165) is 11.1 Å². The van der Waals surface area contributed by atoms with Crippen molar-refractivity contribution in [3.05, 3.63) is 75.8 Å². The molecule has 1 amide bonds. The van der Waals surface area contributed by atoms with Gasteiger partial charge in [0.2, 0.25) is 0 Å². The second-order valence-corrected chi connectivity index (χ2v) is 5.20. The van der Waals surface area contributed by atoms with Gasteiger partial charge in [-0.1, -0.05) is 29.8 Å². The van der Waals surface area contributed by atoms with Crippen molar-refractivity contribution in [1.82, 2.24) is 0 Å². The number of nitro benzene ring substituents is 1. The molecule has 0 radical (unpaired) electrons. The van der Waals surface area contributed by atoms with Gasteiger partial charge in [-0.15, -0.1) is 0 Å². The molecule has 0 heterocycles. The predicted molar refractivity (Wildman–Crippen MR) is 92.9 cm³/mol. The van der Waals surface area contributed by atoms with Gasteiger partial charge in [0, 0.05) is 23.9 Å². The molecule has 0 spiro atoms. The van der Waals surface area contributed by atoms with E-state index in [-0.39, 0.29) is 5.69 Å². The summed E-state index contributed by atoms with van der Waals surface area (Å²) in [5.74, 6) is -1.18. The van der Waals surface area contributed by atoms with Gasteiger partial charge in [-0.3, -0.25) is 14.9 Å². The molecule has 1 N–H and O–H groups in total. The highest BCUT2D eigenvalue weighted by molar-refractivity contribution is 5.94. The fourth-order valence-corrected chi connectivity index (χ4v) is 1.89. The van der Waals surface area contributed by atoms with Crippen LogP contribution in [0, 0.1) is 17.0 Å². The van der Waals surface area contributed by atoms with Gasteiger partial charge in [-0.25, -0.2) is 4.79 Å². The maximum Gasteiger partial charge on any atom is 0.331 e. The number of anilines is 1. The number of hydrogen-bond acceptors (Lipinski definition) is 5. The number of non-ortho nitro benzene ring substituents is 1. The summed E-state index contributed by atoms with van der Waals surface area (Å²) in [4.78, 5) is 33.3. The van der Waals surface area contributed by atoms with E-state index in [2.05, 4.69) is 5.32 Å². The highest BCUT2D eigenvalue weighted by Crippen LogP contribution is 2.15. The summed E-state index contributed by atoms with van der Waals surface area (Å²) in [7, 11) is 0. The lowest BCUT2D eigenvalue weighted by Gasteiger charge is -2.05. The second kappa shape index (κ2) is 8.39. The van der Waals surface area contributed by atoms with Crippen molar-refractivity contribution in [3.8, 4) is 0 Å². The minimum absolute atomic E-state index is 0.0781. The van der Waals surface area contributed by atoms with Crippen LogP contribution in [0.5, 0.6) is 0 Å². The number of rotatable bonds is 6. The highest BCUT2D eigenvalue weighted by atomic mass is 16.6. The number of hydrogen-bond donors (Lipinski definition) is 1. The van der Waals surface area contributed by atoms with Crippen molar-refractivity contribution in [2.45, 2.75) is 6.92 Å². The minimum atomic E-state index is -0.639. The molecule has 128 valence electrons. The summed E-state index contributed by atoms with van der Waals surface area (Å²) in [5.41, 5.74) is 2.26. The maximum absolute atomic E-state index is 11.7. The summed E-state index contributed by atoms with van der Waals surface area (Å²) in [6.07, 6.45) is 2.83. The van der Waals surface area contributed by atoms with E-state index in [9.17, 15) is 19.7 Å². The topological polar surface area (TPSA) is 98.5 Å². The summed E-state index contributed by atoms with van der Waals surface area (Å²) in [5, 5.41) is 13.0. The van der Waals surface area contributed by atoms with Crippen LogP contribution in [0.4, 0.5) is 11.4 Å². The Hall–Kier alpha value is -3.48. The number of nitro groups is 1. The molecule has 2 aromatic rings. The Bertz CT molecular complexity index is 795. The predicted octanol–water partition coefficient (Wildman–Crippen LogP) is 3.10. The lowest BCUT2D eigenvalue weighted by molar-refractivity contribution is -0.384. The van der Waals surface area contributed by atoms with Gasteiger partial charge in [0.25, 0.3) is 11.6 Å². The number of aryl methyl sites for hydroxylation is 1. The number of nitrogens with zero attached hydrogens (tertiary/aromatic N) is 1. The molecule has 0 atom stereocenters. The molecule has 0 aromatic heterocycles. The first kappa shape index (κ1) is 17.9. The van der Waals surface area contributed by atoms with Crippen LogP contribution in [0.15, 0.2) is 54.6 Å². The van der Waals surface area contributed by atoms with Crippen molar-refractivity contribution in [2.75, 3.05) is 11.9 Å². The van der Waals surface area contributed by atoms with E-state index >= 15 is 0 Å².